The lowest BCUT2D eigenvalue weighted by Gasteiger charge is -2.43. The van der Waals surface area contributed by atoms with Gasteiger partial charge in [0.1, 0.15) is 5.54 Å². The van der Waals surface area contributed by atoms with Crippen LogP contribution in [0, 0.1) is 0 Å². The monoisotopic (exact) mass is 507 g/mol. The molecule has 0 saturated carbocycles. The van der Waals surface area contributed by atoms with E-state index < -0.39 is 21.6 Å². The smallest absolute Gasteiger partial charge is 0.370 e. The third-order valence-electron chi connectivity index (χ3n) is 7.00. The van der Waals surface area contributed by atoms with Crippen molar-refractivity contribution < 1.29 is 17.3 Å². The van der Waals surface area contributed by atoms with Gasteiger partial charge in [-0.05, 0) is 34.4 Å². The molecule has 6 heteroatoms. The fraction of sp³-hybridized carbons (Fsp3) is 0.0968. The van der Waals surface area contributed by atoms with Gasteiger partial charge in [0.15, 0.2) is 11.5 Å². The minimum absolute atomic E-state index is 0.0667. The number of hydrogen-bond acceptors (Lipinski definition) is 4. The van der Waals surface area contributed by atoms with Gasteiger partial charge in [-0.15, -0.1) is 10.9 Å². The maximum absolute atomic E-state index is 13.8. The van der Waals surface area contributed by atoms with Crippen LogP contribution < -0.4 is 4.18 Å². The van der Waals surface area contributed by atoms with Gasteiger partial charge >= 0.3 is 10.3 Å². The van der Waals surface area contributed by atoms with E-state index in [0.717, 1.165) is 22.3 Å². The second-order valence-electron chi connectivity index (χ2n) is 9.10. The van der Waals surface area contributed by atoms with Gasteiger partial charge in [0.05, 0.1) is 6.61 Å². The summed E-state index contributed by atoms with van der Waals surface area (Å²) in [5.41, 5.74) is 1.77. The summed E-state index contributed by atoms with van der Waals surface area (Å²) in [4.78, 5) is 0. The van der Waals surface area contributed by atoms with E-state index in [1.165, 1.54) is 4.31 Å². The molecule has 6 rings (SSSR count). The first-order chi connectivity index (χ1) is 18.0. The first-order valence-corrected chi connectivity index (χ1v) is 13.4. The highest BCUT2D eigenvalue weighted by Gasteiger charge is 2.65. The predicted molar refractivity (Wildman–Crippen MR) is 145 cm³/mol. The van der Waals surface area contributed by atoms with E-state index >= 15 is 0 Å². The van der Waals surface area contributed by atoms with Crippen LogP contribution in [0.25, 0.3) is 17.2 Å². The quantitative estimate of drug-likeness (QED) is 0.299. The van der Waals surface area contributed by atoms with E-state index in [2.05, 4.69) is 6.58 Å². The average Bonchev–Trinajstić information content (AvgIpc) is 3.31. The molecule has 0 spiro atoms. The second kappa shape index (κ2) is 8.85. The van der Waals surface area contributed by atoms with Crippen molar-refractivity contribution >= 4 is 16.4 Å². The third kappa shape index (κ3) is 3.73. The zero-order valence-corrected chi connectivity index (χ0v) is 20.8. The summed E-state index contributed by atoms with van der Waals surface area (Å²) in [7, 11) is -4.28. The Kier molecular flexibility index (Phi) is 5.60. The molecule has 2 aliphatic rings. The number of nitrogens with zero attached hydrogens (tertiary/aromatic N) is 1. The largest absolute Gasteiger partial charge is 0.389 e. The molecule has 37 heavy (non-hydrogen) atoms. The fourth-order valence-electron chi connectivity index (χ4n) is 5.19. The maximum Gasteiger partial charge on any atom is 0.389 e. The van der Waals surface area contributed by atoms with Gasteiger partial charge < -0.3 is 8.92 Å². The van der Waals surface area contributed by atoms with Crippen LogP contribution in [0.15, 0.2) is 128 Å². The van der Waals surface area contributed by atoms with Crippen LogP contribution >= 0.6 is 0 Å². The summed E-state index contributed by atoms with van der Waals surface area (Å²) in [5, 5.41) is 0. The van der Waals surface area contributed by atoms with Gasteiger partial charge in [0, 0.05) is 5.56 Å². The second-order valence-corrected chi connectivity index (χ2v) is 10.5. The van der Waals surface area contributed by atoms with Gasteiger partial charge in [-0.1, -0.05) is 115 Å². The first-order valence-electron chi connectivity index (χ1n) is 12.0. The average molecular weight is 508 g/mol. The zero-order valence-electron chi connectivity index (χ0n) is 20.0. The molecule has 0 aromatic heterocycles. The van der Waals surface area contributed by atoms with Crippen molar-refractivity contribution in [3.8, 4) is 16.9 Å². The zero-order chi connectivity index (χ0) is 25.5. The maximum atomic E-state index is 13.8. The molecule has 2 aliphatic heterocycles. The molecule has 4 aromatic carbocycles. The topological polar surface area (TPSA) is 55.8 Å². The molecule has 1 saturated heterocycles. The number of hydrogen-bond donors (Lipinski definition) is 0. The van der Waals surface area contributed by atoms with Crippen LogP contribution in [-0.2, 0) is 26.3 Å². The van der Waals surface area contributed by atoms with Crippen molar-refractivity contribution in [3.63, 3.8) is 0 Å². The van der Waals surface area contributed by atoms with Crippen molar-refractivity contribution in [2.75, 3.05) is 6.61 Å². The van der Waals surface area contributed by atoms with Crippen molar-refractivity contribution in [1.82, 2.24) is 4.31 Å². The lowest BCUT2D eigenvalue weighted by Crippen LogP contribution is -2.56. The molecule has 5 nitrogen and oxygen atoms in total. The normalized spacial score (nSPS) is 24.2. The molecular formula is C31H25NO4S. The number of benzene rings is 4. The molecule has 0 N–H and O–H groups in total. The van der Waals surface area contributed by atoms with Crippen LogP contribution in [0.4, 0.5) is 0 Å². The molecular weight excluding hydrogens is 482 g/mol. The Balaban J connectivity index is 1.52. The molecule has 2 atom stereocenters. The Morgan fingerprint density at radius 1 is 0.784 bits per heavy atom. The third-order valence-corrected chi connectivity index (χ3v) is 8.43. The van der Waals surface area contributed by atoms with E-state index in [1.54, 1.807) is 24.3 Å². The Labute approximate surface area is 217 Å². The lowest BCUT2D eigenvalue weighted by atomic mass is 9.88. The molecule has 0 radical (unpaired) electrons. The van der Waals surface area contributed by atoms with E-state index in [4.69, 9.17) is 8.92 Å². The minimum atomic E-state index is -4.28. The van der Waals surface area contributed by atoms with Gasteiger partial charge in [-0.25, -0.2) is 0 Å². The van der Waals surface area contributed by atoms with E-state index in [-0.39, 0.29) is 12.4 Å². The Morgan fingerprint density at radius 2 is 1.41 bits per heavy atom. The number of fused-ring (bicyclic) bond motifs is 3. The molecule has 0 unspecified atom stereocenters. The SMILES string of the molecule is C=C[C@@]1(c2ccc(-c3ccccc3)cc2)CO[C@@]2(/C=C/c3ccccc3)c3ccccc3OS(=O)(=O)N12. The lowest BCUT2D eigenvalue weighted by molar-refractivity contribution is -0.0206. The number of ether oxygens (including phenoxy) is 1. The highest BCUT2D eigenvalue weighted by Crippen LogP contribution is 2.55. The van der Waals surface area contributed by atoms with Crippen molar-refractivity contribution in [1.29, 1.82) is 0 Å². The number of rotatable bonds is 5. The Hall–Kier alpha value is -3.97. The van der Waals surface area contributed by atoms with Gasteiger partial charge in [-0.3, -0.25) is 0 Å². The molecule has 0 amide bonds. The van der Waals surface area contributed by atoms with E-state index in [1.807, 2.05) is 103 Å². The summed E-state index contributed by atoms with van der Waals surface area (Å²) in [5.74, 6) is 0.246. The molecule has 0 bridgehead atoms. The molecule has 184 valence electrons. The van der Waals surface area contributed by atoms with Crippen LogP contribution in [0.2, 0.25) is 0 Å². The molecule has 2 heterocycles. The highest BCUT2D eigenvalue weighted by atomic mass is 32.2. The van der Waals surface area contributed by atoms with Gasteiger partial charge in [0.2, 0.25) is 0 Å². The van der Waals surface area contributed by atoms with Gasteiger partial charge in [-0.2, -0.15) is 8.42 Å². The summed E-state index contributed by atoms with van der Waals surface area (Å²) in [6.07, 6.45) is 5.31. The summed E-state index contributed by atoms with van der Waals surface area (Å²) in [6, 6.07) is 34.6. The minimum Gasteiger partial charge on any atom is -0.370 e. The first kappa shape index (κ1) is 23.4. The van der Waals surface area contributed by atoms with Crippen molar-refractivity contribution in [2.24, 2.45) is 0 Å². The molecule has 0 aliphatic carbocycles. The van der Waals surface area contributed by atoms with E-state index in [0.29, 0.717) is 5.56 Å². The van der Waals surface area contributed by atoms with E-state index in [9.17, 15) is 8.42 Å². The van der Waals surface area contributed by atoms with Crippen LogP contribution in [0.1, 0.15) is 16.7 Å². The standard InChI is InChI=1S/C31H25NO4S/c1-2-30(27-19-17-26(18-20-27)25-13-7-4-8-14-25)23-35-31(22-21-24-11-5-3-6-12-24)28-15-9-10-16-29(28)36-37(33,34)32(30)31/h2-22H,1,23H2/b22-21+/t30-,31-/m0/s1. The van der Waals surface area contributed by atoms with Crippen LogP contribution in [0.3, 0.4) is 0 Å². The van der Waals surface area contributed by atoms with Crippen molar-refractivity contribution in [3.05, 3.63) is 145 Å². The Morgan fingerprint density at radius 3 is 2.11 bits per heavy atom. The summed E-state index contributed by atoms with van der Waals surface area (Å²) in [6.45, 7) is 4.13. The van der Waals surface area contributed by atoms with Crippen LogP contribution in [0.5, 0.6) is 5.75 Å². The van der Waals surface area contributed by atoms with Crippen LogP contribution in [-0.4, -0.2) is 19.3 Å². The highest BCUT2D eigenvalue weighted by molar-refractivity contribution is 7.84. The van der Waals surface area contributed by atoms with Crippen molar-refractivity contribution in [2.45, 2.75) is 11.3 Å². The Bertz CT molecular complexity index is 1580. The fourth-order valence-corrected chi connectivity index (χ4v) is 6.82. The summed E-state index contributed by atoms with van der Waals surface area (Å²) < 4.78 is 41.1. The molecule has 4 aromatic rings. The molecule has 1 fully saturated rings. The predicted octanol–water partition coefficient (Wildman–Crippen LogP) is 6.27. The number of para-hydroxylation sites is 1. The van der Waals surface area contributed by atoms with Gasteiger partial charge in [0.25, 0.3) is 0 Å². The summed E-state index contributed by atoms with van der Waals surface area (Å²) >= 11 is 0.